The Morgan fingerprint density at radius 1 is 1.21 bits per heavy atom. The quantitative estimate of drug-likeness (QED) is 0.629. The molecule has 0 aliphatic carbocycles. The highest BCUT2D eigenvalue weighted by Crippen LogP contribution is 2.19. The number of para-hydroxylation sites is 1. The van der Waals surface area contributed by atoms with E-state index in [1.807, 2.05) is 30.3 Å². The average molecular weight is 325 g/mol. The highest BCUT2D eigenvalue weighted by molar-refractivity contribution is 6.19. The first-order chi connectivity index (χ1) is 11.5. The second kappa shape index (κ2) is 6.88. The number of rotatable bonds is 4. The van der Waals surface area contributed by atoms with E-state index in [0.29, 0.717) is 11.7 Å². The van der Waals surface area contributed by atoms with E-state index in [1.54, 1.807) is 6.07 Å². The van der Waals surface area contributed by atoms with Gasteiger partial charge in [0.05, 0.1) is 11.2 Å². The Labute approximate surface area is 141 Å². The Balaban J connectivity index is 1.90. The van der Waals surface area contributed by atoms with Crippen LogP contribution in [0.2, 0.25) is 0 Å². The first-order valence-electron chi connectivity index (χ1n) is 8.20. The van der Waals surface area contributed by atoms with Crippen molar-refractivity contribution in [3.8, 4) is 0 Å². The number of fused-ring (bicyclic) bond motifs is 1. The molecule has 0 unspecified atom stereocenters. The zero-order valence-corrected chi connectivity index (χ0v) is 13.8. The minimum atomic E-state index is -0.583. The van der Waals surface area contributed by atoms with Crippen LogP contribution in [0, 0.1) is 0 Å². The summed E-state index contributed by atoms with van der Waals surface area (Å²) in [5.41, 5.74) is 13.3. The van der Waals surface area contributed by atoms with Crippen LogP contribution in [0.4, 0.5) is 0 Å². The van der Waals surface area contributed by atoms with Crippen molar-refractivity contribution in [1.29, 1.82) is 0 Å². The largest absolute Gasteiger partial charge is 0.385 e. The number of nitrogens with one attached hydrogen (secondary N) is 2. The summed E-state index contributed by atoms with van der Waals surface area (Å²) in [6.45, 7) is 2.96. The van der Waals surface area contributed by atoms with Crippen LogP contribution in [0.5, 0.6) is 0 Å². The van der Waals surface area contributed by atoms with Crippen LogP contribution in [0.15, 0.2) is 42.2 Å². The number of nitrogens with zero attached hydrogens (tertiary/aromatic N) is 1. The summed E-state index contributed by atoms with van der Waals surface area (Å²) in [7, 11) is 0. The van der Waals surface area contributed by atoms with Gasteiger partial charge in [-0.05, 0) is 31.9 Å². The standard InChI is InChI=1S/C18H23N5O/c1-11-6-8-13(10-21-11)22-17(19)16(18(20)24)15-9-7-12-4-2-3-5-14(12)23-15/h2-5,7,9,11,13,21-22H,6,8,10,19H2,1H3,(H2,20,24)/b17-16+/t11-,13+/m0/s1. The van der Waals surface area contributed by atoms with E-state index in [1.165, 1.54) is 0 Å². The predicted molar refractivity (Wildman–Crippen MR) is 95.7 cm³/mol. The Morgan fingerprint density at radius 2 is 2.00 bits per heavy atom. The monoisotopic (exact) mass is 325 g/mol. The van der Waals surface area contributed by atoms with E-state index < -0.39 is 5.91 Å². The molecule has 6 nitrogen and oxygen atoms in total. The molecule has 1 amide bonds. The second-order valence-electron chi connectivity index (χ2n) is 6.27. The van der Waals surface area contributed by atoms with Crippen molar-refractivity contribution in [2.24, 2.45) is 11.5 Å². The van der Waals surface area contributed by atoms with Crippen molar-refractivity contribution >= 4 is 22.4 Å². The third-order valence-electron chi connectivity index (χ3n) is 4.39. The van der Waals surface area contributed by atoms with Gasteiger partial charge >= 0.3 is 0 Å². The number of hydrogen-bond acceptors (Lipinski definition) is 5. The second-order valence-corrected chi connectivity index (χ2v) is 6.27. The molecule has 1 fully saturated rings. The summed E-state index contributed by atoms with van der Waals surface area (Å²) >= 11 is 0. The highest BCUT2D eigenvalue weighted by Gasteiger charge is 2.21. The SMILES string of the molecule is C[C@H]1CC[C@@H](N/C(N)=C(/C(N)=O)c2ccc3ccccc3n2)CN1. The molecule has 24 heavy (non-hydrogen) atoms. The molecule has 0 bridgehead atoms. The Bertz CT molecular complexity index is 778. The molecule has 2 heterocycles. The van der Waals surface area contributed by atoms with Crippen molar-refractivity contribution in [3.05, 3.63) is 47.9 Å². The van der Waals surface area contributed by atoms with Crippen LogP contribution in [-0.4, -0.2) is 29.5 Å². The first-order valence-corrected chi connectivity index (χ1v) is 8.20. The zero-order valence-electron chi connectivity index (χ0n) is 13.8. The Morgan fingerprint density at radius 3 is 2.71 bits per heavy atom. The van der Waals surface area contributed by atoms with E-state index in [2.05, 4.69) is 22.5 Å². The fourth-order valence-electron chi connectivity index (χ4n) is 3.02. The Kier molecular flexibility index (Phi) is 4.66. The van der Waals surface area contributed by atoms with Gasteiger partial charge < -0.3 is 22.1 Å². The van der Waals surface area contributed by atoms with Gasteiger partial charge in [0.2, 0.25) is 0 Å². The number of pyridine rings is 1. The minimum absolute atomic E-state index is 0.177. The summed E-state index contributed by atoms with van der Waals surface area (Å²) in [5.74, 6) is -0.299. The maximum absolute atomic E-state index is 12.0. The molecule has 1 aromatic carbocycles. The summed E-state index contributed by atoms with van der Waals surface area (Å²) in [5, 5.41) is 7.62. The van der Waals surface area contributed by atoms with Crippen molar-refractivity contribution < 1.29 is 4.79 Å². The highest BCUT2D eigenvalue weighted by atomic mass is 16.1. The lowest BCUT2D eigenvalue weighted by Gasteiger charge is -2.29. The van der Waals surface area contributed by atoms with E-state index in [-0.39, 0.29) is 17.4 Å². The number of piperidine rings is 1. The third-order valence-corrected chi connectivity index (χ3v) is 4.39. The molecule has 126 valence electrons. The molecule has 0 spiro atoms. The molecule has 3 rings (SSSR count). The number of amides is 1. The van der Waals surface area contributed by atoms with Crippen LogP contribution >= 0.6 is 0 Å². The molecule has 1 aliphatic rings. The van der Waals surface area contributed by atoms with E-state index in [4.69, 9.17) is 11.5 Å². The maximum atomic E-state index is 12.0. The topological polar surface area (TPSA) is 106 Å². The van der Waals surface area contributed by atoms with Crippen molar-refractivity contribution in [3.63, 3.8) is 0 Å². The number of aromatic nitrogens is 1. The lowest BCUT2D eigenvalue weighted by atomic mass is 10.0. The number of carbonyl (C=O) groups excluding carboxylic acids is 1. The molecule has 1 aliphatic heterocycles. The normalized spacial score (nSPS) is 22.0. The number of primary amides is 1. The molecular weight excluding hydrogens is 302 g/mol. The molecule has 1 saturated heterocycles. The summed E-state index contributed by atoms with van der Waals surface area (Å²) in [6.07, 6.45) is 2.05. The van der Waals surface area contributed by atoms with Gasteiger partial charge in [0.1, 0.15) is 11.4 Å². The lowest BCUT2D eigenvalue weighted by molar-refractivity contribution is -0.112. The summed E-state index contributed by atoms with van der Waals surface area (Å²) in [4.78, 5) is 16.5. The van der Waals surface area contributed by atoms with Crippen molar-refractivity contribution in [2.45, 2.75) is 31.8 Å². The van der Waals surface area contributed by atoms with E-state index in [0.717, 1.165) is 30.3 Å². The molecule has 0 radical (unpaired) electrons. The molecule has 2 aromatic rings. The molecule has 2 atom stereocenters. The molecule has 6 N–H and O–H groups in total. The molecular formula is C18H23N5O. The van der Waals surface area contributed by atoms with Gasteiger partial charge in [0.15, 0.2) is 0 Å². The fourth-order valence-corrected chi connectivity index (χ4v) is 3.02. The number of hydrogen-bond donors (Lipinski definition) is 4. The molecule has 1 aromatic heterocycles. The van der Waals surface area contributed by atoms with Gasteiger partial charge in [-0.1, -0.05) is 24.3 Å². The number of benzene rings is 1. The molecule has 6 heteroatoms. The van der Waals surface area contributed by atoms with Crippen molar-refractivity contribution in [2.75, 3.05) is 6.54 Å². The van der Waals surface area contributed by atoms with Gasteiger partial charge in [0.25, 0.3) is 5.91 Å². The van der Waals surface area contributed by atoms with Gasteiger partial charge in [-0.2, -0.15) is 0 Å². The fraction of sp³-hybridized carbons (Fsp3) is 0.333. The smallest absolute Gasteiger partial charge is 0.254 e. The minimum Gasteiger partial charge on any atom is -0.385 e. The average Bonchev–Trinajstić information content (AvgIpc) is 2.56. The summed E-state index contributed by atoms with van der Waals surface area (Å²) in [6, 6.07) is 12.1. The van der Waals surface area contributed by atoms with Gasteiger partial charge in [-0.25, -0.2) is 4.98 Å². The van der Waals surface area contributed by atoms with Gasteiger partial charge in [-0.15, -0.1) is 0 Å². The number of nitrogens with two attached hydrogens (primary N) is 2. The molecule has 0 saturated carbocycles. The van der Waals surface area contributed by atoms with Crippen LogP contribution in [0.1, 0.15) is 25.5 Å². The zero-order chi connectivity index (χ0) is 17.1. The summed E-state index contributed by atoms with van der Waals surface area (Å²) < 4.78 is 0. The predicted octanol–water partition coefficient (Wildman–Crippen LogP) is 1.08. The number of carbonyl (C=O) groups is 1. The lowest BCUT2D eigenvalue weighted by Crippen LogP contribution is -2.48. The Hall–Kier alpha value is -2.60. The maximum Gasteiger partial charge on any atom is 0.254 e. The first kappa shape index (κ1) is 16.3. The van der Waals surface area contributed by atoms with Gasteiger partial charge in [0, 0.05) is 24.0 Å². The van der Waals surface area contributed by atoms with Crippen LogP contribution in [-0.2, 0) is 4.79 Å². The van der Waals surface area contributed by atoms with E-state index in [9.17, 15) is 4.79 Å². The van der Waals surface area contributed by atoms with E-state index >= 15 is 0 Å². The van der Waals surface area contributed by atoms with Crippen LogP contribution in [0.3, 0.4) is 0 Å². The van der Waals surface area contributed by atoms with Gasteiger partial charge in [-0.3, -0.25) is 4.79 Å². The van der Waals surface area contributed by atoms with Crippen LogP contribution in [0.25, 0.3) is 16.5 Å². The third kappa shape index (κ3) is 3.49. The van der Waals surface area contributed by atoms with Crippen molar-refractivity contribution in [1.82, 2.24) is 15.6 Å². The van der Waals surface area contributed by atoms with Crippen LogP contribution < -0.4 is 22.1 Å².